The summed E-state index contributed by atoms with van der Waals surface area (Å²) in [7, 11) is 1.92. The van der Waals surface area contributed by atoms with Gasteiger partial charge in [0.1, 0.15) is 19.3 Å². The normalized spacial score (nSPS) is 10.8. The third-order valence-corrected chi connectivity index (χ3v) is 3.14. The molecule has 0 saturated carbocycles. The second-order valence-corrected chi connectivity index (χ2v) is 5.33. The van der Waals surface area contributed by atoms with Crippen LogP contribution in [0.3, 0.4) is 0 Å². The lowest BCUT2D eigenvalue weighted by atomic mass is 10.1. The molecule has 0 spiro atoms. The molecule has 0 unspecified atom stereocenters. The van der Waals surface area contributed by atoms with Crippen molar-refractivity contribution in [3.8, 4) is 0 Å². The number of aryl methyl sites for hydroxylation is 2. The fourth-order valence-electron chi connectivity index (χ4n) is 2.19. The van der Waals surface area contributed by atoms with Crippen LogP contribution in [0.15, 0.2) is 30.7 Å². The monoisotopic (exact) mass is 273 g/mol. The summed E-state index contributed by atoms with van der Waals surface area (Å²) in [6, 6.07) is 3.76. The average molecular weight is 273 g/mol. The standard InChI is InChI=1S/C15H20N4O/c1-11(2)14-9-19(17-12(14)3)10-15(20)16-13-6-5-7-18(4)8-13/h5-9,11H,10H2,1-4H3/p+1. The SMILES string of the molecule is Cc1nn(CC(=O)Nc2ccc[n+](C)c2)cc1C(C)C. The van der Waals surface area contributed by atoms with Crippen LogP contribution in [-0.4, -0.2) is 15.7 Å². The summed E-state index contributed by atoms with van der Waals surface area (Å²) >= 11 is 0. The Bertz CT molecular complexity index is 616. The Kier molecular flexibility index (Phi) is 4.17. The minimum atomic E-state index is -0.0750. The van der Waals surface area contributed by atoms with Crippen molar-refractivity contribution >= 4 is 11.6 Å². The van der Waals surface area contributed by atoms with Gasteiger partial charge in [-0.2, -0.15) is 5.10 Å². The number of carbonyl (C=O) groups excluding carboxylic acids is 1. The summed E-state index contributed by atoms with van der Waals surface area (Å²) in [6.07, 6.45) is 5.73. The minimum absolute atomic E-state index is 0.0750. The van der Waals surface area contributed by atoms with Gasteiger partial charge in [0, 0.05) is 12.3 Å². The van der Waals surface area contributed by atoms with Crippen LogP contribution in [0.5, 0.6) is 0 Å². The number of amides is 1. The fourth-order valence-corrected chi connectivity index (χ4v) is 2.19. The van der Waals surface area contributed by atoms with Gasteiger partial charge in [0.05, 0.1) is 5.69 Å². The largest absolute Gasteiger partial charge is 0.319 e. The first-order valence-electron chi connectivity index (χ1n) is 6.75. The van der Waals surface area contributed by atoms with Crippen LogP contribution in [0.1, 0.15) is 31.0 Å². The zero-order chi connectivity index (χ0) is 14.7. The van der Waals surface area contributed by atoms with E-state index in [0.717, 1.165) is 11.4 Å². The van der Waals surface area contributed by atoms with E-state index < -0.39 is 0 Å². The molecule has 0 atom stereocenters. The highest BCUT2D eigenvalue weighted by molar-refractivity contribution is 5.90. The molecule has 0 aliphatic carbocycles. The number of hydrogen-bond acceptors (Lipinski definition) is 2. The van der Waals surface area contributed by atoms with Crippen LogP contribution in [0.4, 0.5) is 5.69 Å². The van der Waals surface area contributed by atoms with Gasteiger partial charge in [0.15, 0.2) is 12.4 Å². The molecule has 0 aliphatic heterocycles. The number of nitrogens with zero attached hydrogens (tertiary/aromatic N) is 3. The summed E-state index contributed by atoms with van der Waals surface area (Å²) in [5, 5.41) is 7.25. The molecule has 106 valence electrons. The van der Waals surface area contributed by atoms with Gasteiger partial charge in [-0.25, -0.2) is 4.57 Å². The molecule has 2 aromatic heterocycles. The van der Waals surface area contributed by atoms with Crippen molar-refractivity contribution in [3.05, 3.63) is 42.0 Å². The van der Waals surface area contributed by atoms with Gasteiger partial charge in [0.25, 0.3) is 0 Å². The highest BCUT2D eigenvalue weighted by atomic mass is 16.2. The van der Waals surface area contributed by atoms with Crippen molar-refractivity contribution in [3.63, 3.8) is 0 Å². The molecule has 1 amide bonds. The third-order valence-electron chi connectivity index (χ3n) is 3.14. The molecule has 0 aliphatic rings. The molecule has 0 aromatic carbocycles. The first-order chi connectivity index (χ1) is 9.45. The third kappa shape index (κ3) is 3.44. The van der Waals surface area contributed by atoms with E-state index in [1.54, 1.807) is 4.68 Å². The lowest BCUT2D eigenvalue weighted by Crippen LogP contribution is -2.28. The highest BCUT2D eigenvalue weighted by Gasteiger charge is 2.11. The van der Waals surface area contributed by atoms with Crippen LogP contribution < -0.4 is 9.88 Å². The second-order valence-electron chi connectivity index (χ2n) is 5.33. The van der Waals surface area contributed by atoms with E-state index in [-0.39, 0.29) is 12.5 Å². The second kappa shape index (κ2) is 5.86. The molecule has 0 bridgehead atoms. The van der Waals surface area contributed by atoms with E-state index in [2.05, 4.69) is 24.3 Å². The van der Waals surface area contributed by atoms with Crippen LogP contribution >= 0.6 is 0 Å². The van der Waals surface area contributed by atoms with Gasteiger partial charge in [-0.3, -0.25) is 9.48 Å². The van der Waals surface area contributed by atoms with Gasteiger partial charge in [-0.05, 0) is 24.5 Å². The van der Waals surface area contributed by atoms with E-state index >= 15 is 0 Å². The first kappa shape index (κ1) is 14.2. The number of hydrogen-bond donors (Lipinski definition) is 1. The molecule has 5 nitrogen and oxygen atoms in total. The maximum Gasteiger partial charge on any atom is 0.246 e. The quantitative estimate of drug-likeness (QED) is 0.863. The number of aromatic nitrogens is 3. The molecule has 1 N–H and O–H groups in total. The first-order valence-corrected chi connectivity index (χ1v) is 6.75. The Balaban J connectivity index is 2.03. The van der Waals surface area contributed by atoms with Crippen LogP contribution in [0.2, 0.25) is 0 Å². The van der Waals surface area contributed by atoms with Crippen LogP contribution in [-0.2, 0) is 18.4 Å². The lowest BCUT2D eigenvalue weighted by molar-refractivity contribution is -0.670. The molecule has 20 heavy (non-hydrogen) atoms. The number of nitrogens with one attached hydrogen (secondary N) is 1. The number of rotatable bonds is 4. The lowest BCUT2D eigenvalue weighted by Gasteiger charge is -2.04. The summed E-state index contributed by atoms with van der Waals surface area (Å²) in [5.74, 6) is 0.342. The molecule has 2 rings (SSSR count). The maximum absolute atomic E-state index is 12.0. The van der Waals surface area contributed by atoms with Crippen molar-refractivity contribution < 1.29 is 9.36 Å². The molecular formula is C15H21N4O+. The van der Waals surface area contributed by atoms with Crippen molar-refractivity contribution in [2.24, 2.45) is 7.05 Å². The van der Waals surface area contributed by atoms with Gasteiger partial charge >= 0.3 is 0 Å². The molecular weight excluding hydrogens is 252 g/mol. The van der Waals surface area contributed by atoms with Gasteiger partial charge < -0.3 is 5.32 Å². The van der Waals surface area contributed by atoms with E-state index in [9.17, 15) is 4.79 Å². The molecule has 0 saturated heterocycles. The summed E-state index contributed by atoms with van der Waals surface area (Å²) < 4.78 is 3.59. The summed E-state index contributed by atoms with van der Waals surface area (Å²) in [6.45, 7) is 6.45. The predicted octanol–water partition coefficient (Wildman–Crippen LogP) is 1.78. The van der Waals surface area contributed by atoms with E-state index in [1.165, 1.54) is 5.56 Å². The van der Waals surface area contributed by atoms with Crippen LogP contribution in [0.25, 0.3) is 0 Å². The Hall–Kier alpha value is -2.17. The molecule has 2 heterocycles. The Morgan fingerprint density at radius 2 is 2.25 bits per heavy atom. The van der Waals surface area contributed by atoms with E-state index in [4.69, 9.17) is 0 Å². The zero-order valence-corrected chi connectivity index (χ0v) is 12.4. The van der Waals surface area contributed by atoms with Crippen molar-refractivity contribution in [2.75, 3.05) is 5.32 Å². The maximum atomic E-state index is 12.0. The number of carbonyl (C=O) groups is 1. The molecule has 0 fully saturated rings. The van der Waals surface area contributed by atoms with Crippen molar-refractivity contribution in [1.82, 2.24) is 9.78 Å². The Morgan fingerprint density at radius 1 is 1.50 bits per heavy atom. The van der Waals surface area contributed by atoms with E-state index in [0.29, 0.717) is 5.92 Å². The zero-order valence-electron chi connectivity index (χ0n) is 12.4. The van der Waals surface area contributed by atoms with Gasteiger partial charge in [-0.15, -0.1) is 0 Å². The Morgan fingerprint density at radius 3 is 2.85 bits per heavy atom. The van der Waals surface area contributed by atoms with Gasteiger partial charge in [-0.1, -0.05) is 13.8 Å². The number of anilines is 1. The highest BCUT2D eigenvalue weighted by Crippen LogP contribution is 2.17. The Labute approximate surface area is 119 Å². The summed E-state index contributed by atoms with van der Waals surface area (Å²) in [4.78, 5) is 12.0. The van der Waals surface area contributed by atoms with Crippen molar-refractivity contribution in [1.29, 1.82) is 0 Å². The molecule has 2 aromatic rings. The molecule has 5 heteroatoms. The van der Waals surface area contributed by atoms with Crippen LogP contribution in [0, 0.1) is 6.92 Å². The fraction of sp³-hybridized carbons (Fsp3) is 0.400. The smallest absolute Gasteiger partial charge is 0.246 e. The number of pyridine rings is 1. The predicted molar refractivity (Wildman–Crippen MR) is 77.3 cm³/mol. The summed E-state index contributed by atoms with van der Waals surface area (Å²) in [5.41, 5.74) is 2.95. The van der Waals surface area contributed by atoms with Crippen molar-refractivity contribution in [2.45, 2.75) is 33.2 Å². The van der Waals surface area contributed by atoms with E-state index in [1.807, 2.05) is 49.3 Å². The van der Waals surface area contributed by atoms with Gasteiger partial charge in [0.2, 0.25) is 5.91 Å². The minimum Gasteiger partial charge on any atom is -0.319 e. The molecule has 0 radical (unpaired) electrons. The topological polar surface area (TPSA) is 50.8 Å². The average Bonchev–Trinajstić information content (AvgIpc) is 2.70.